The molecule has 0 radical (unpaired) electrons. The molecule has 1 unspecified atom stereocenters. The topological polar surface area (TPSA) is 79.2 Å². The highest BCUT2D eigenvalue weighted by Crippen LogP contribution is 2.21. The second-order valence-corrected chi connectivity index (χ2v) is 4.29. The number of aromatic nitrogens is 1. The summed E-state index contributed by atoms with van der Waals surface area (Å²) < 4.78 is 0. The third kappa shape index (κ3) is 2.39. The Kier molecular flexibility index (Phi) is 3.58. The van der Waals surface area contributed by atoms with E-state index in [1.807, 2.05) is 0 Å². The lowest BCUT2D eigenvalue weighted by atomic mass is 10.1. The first kappa shape index (κ1) is 11.9. The van der Waals surface area contributed by atoms with Crippen molar-refractivity contribution in [2.24, 2.45) is 5.73 Å². The molecule has 1 aliphatic heterocycles. The zero-order chi connectivity index (χ0) is 12.3. The number of aromatic amines is 1. The summed E-state index contributed by atoms with van der Waals surface area (Å²) >= 11 is 0. The summed E-state index contributed by atoms with van der Waals surface area (Å²) in [5, 5.41) is 0. The van der Waals surface area contributed by atoms with E-state index in [0.717, 1.165) is 25.8 Å². The van der Waals surface area contributed by atoms with Crippen molar-refractivity contribution in [1.82, 2.24) is 9.88 Å². The number of carbonyl (C=O) groups is 1. The predicted octanol–water partition coefficient (Wildman–Crippen LogP) is 0.328. The normalized spacial score (nSPS) is 19.6. The van der Waals surface area contributed by atoms with Crippen molar-refractivity contribution in [3.05, 3.63) is 34.2 Å². The van der Waals surface area contributed by atoms with Crippen molar-refractivity contribution in [3.63, 3.8) is 0 Å². The van der Waals surface area contributed by atoms with Gasteiger partial charge >= 0.3 is 0 Å². The summed E-state index contributed by atoms with van der Waals surface area (Å²) in [4.78, 5) is 28.4. The first-order chi connectivity index (χ1) is 8.24. The minimum Gasteiger partial charge on any atom is -0.367 e. The molecule has 5 heteroatoms. The van der Waals surface area contributed by atoms with Crippen molar-refractivity contribution in [3.8, 4) is 0 Å². The smallest absolute Gasteiger partial charge is 0.259 e. The molecular formula is C12H17N3O2. The second-order valence-electron chi connectivity index (χ2n) is 4.29. The van der Waals surface area contributed by atoms with Crippen LogP contribution in [0, 0.1) is 0 Å². The Labute approximate surface area is 99.6 Å². The van der Waals surface area contributed by atoms with Gasteiger partial charge in [0.15, 0.2) is 5.43 Å². The molecule has 17 heavy (non-hydrogen) atoms. The summed E-state index contributed by atoms with van der Waals surface area (Å²) in [5.41, 5.74) is 5.52. The van der Waals surface area contributed by atoms with Crippen LogP contribution in [-0.4, -0.2) is 34.9 Å². The number of nitrogens with one attached hydrogen (secondary N) is 1. The van der Waals surface area contributed by atoms with Crippen molar-refractivity contribution >= 4 is 5.91 Å². The number of nitrogens with zero attached hydrogens (tertiary/aromatic N) is 1. The van der Waals surface area contributed by atoms with E-state index in [1.165, 1.54) is 18.5 Å². The summed E-state index contributed by atoms with van der Waals surface area (Å²) in [5.74, 6) is -0.178. The molecule has 1 atom stereocenters. The van der Waals surface area contributed by atoms with E-state index in [-0.39, 0.29) is 22.9 Å². The molecule has 1 fully saturated rings. The molecule has 0 aliphatic carbocycles. The minimum atomic E-state index is -0.229. The molecule has 2 heterocycles. The molecule has 1 aromatic rings. The molecular weight excluding hydrogens is 218 g/mol. The van der Waals surface area contributed by atoms with E-state index in [2.05, 4.69) is 4.98 Å². The number of pyridine rings is 1. The Balaban J connectivity index is 2.20. The van der Waals surface area contributed by atoms with Crippen LogP contribution < -0.4 is 11.2 Å². The third-order valence-electron chi connectivity index (χ3n) is 3.19. The number of amides is 1. The predicted molar refractivity (Wildman–Crippen MR) is 64.8 cm³/mol. The van der Waals surface area contributed by atoms with Gasteiger partial charge in [0.1, 0.15) is 5.56 Å². The van der Waals surface area contributed by atoms with Crippen molar-refractivity contribution < 1.29 is 4.79 Å². The molecule has 0 saturated carbocycles. The maximum atomic E-state index is 12.2. The van der Waals surface area contributed by atoms with Crippen LogP contribution in [0.5, 0.6) is 0 Å². The van der Waals surface area contributed by atoms with Gasteiger partial charge in [-0.05, 0) is 25.8 Å². The first-order valence-electron chi connectivity index (χ1n) is 5.92. The lowest BCUT2D eigenvalue weighted by Gasteiger charge is -2.23. The standard InChI is InChI=1S/C12H17N3O2/c13-5-3-9-2-1-7-15(9)12(17)10-8-14-6-4-11(10)16/h4,6,8-9H,1-3,5,7,13H2,(H,14,16). The Hall–Kier alpha value is -1.62. The van der Waals surface area contributed by atoms with Gasteiger partial charge < -0.3 is 15.6 Å². The lowest BCUT2D eigenvalue weighted by Crippen LogP contribution is -2.38. The van der Waals surface area contributed by atoms with Crippen molar-refractivity contribution in [1.29, 1.82) is 0 Å². The Morgan fingerprint density at radius 3 is 3.12 bits per heavy atom. The molecule has 2 rings (SSSR count). The van der Waals surface area contributed by atoms with Gasteiger partial charge in [0.25, 0.3) is 5.91 Å². The molecule has 5 nitrogen and oxygen atoms in total. The van der Waals surface area contributed by atoms with Gasteiger partial charge in [-0.15, -0.1) is 0 Å². The summed E-state index contributed by atoms with van der Waals surface area (Å²) in [6.45, 7) is 1.29. The minimum absolute atomic E-state index is 0.178. The average molecular weight is 235 g/mol. The molecule has 0 bridgehead atoms. The Morgan fingerprint density at radius 1 is 1.59 bits per heavy atom. The number of hydrogen-bond acceptors (Lipinski definition) is 3. The van der Waals surface area contributed by atoms with Crippen LogP contribution >= 0.6 is 0 Å². The molecule has 1 aliphatic rings. The Morgan fingerprint density at radius 2 is 2.41 bits per heavy atom. The highest BCUT2D eigenvalue weighted by atomic mass is 16.2. The van der Waals surface area contributed by atoms with Gasteiger partial charge in [-0.25, -0.2) is 0 Å². The molecule has 1 saturated heterocycles. The van der Waals surface area contributed by atoms with E-state index in [0.29, 0.717) is 6.54 Å². The lowest BCUT2D eigenvalue weighted by molar-refractivity contribution is 0.0730. The number of carbonyl (C=O) groups excluding carboxylic acids is 1. The molecule has 1 amide bonds. The fraction of sp³-hybridized carbons (Fsp3) is 0.500. The van der Waals surface area contributed by atoms with E-state index in [4.69, 9.17) is 5.73 Å². The van der Waals surface area contributed by atoms with E-state index in [9.17, 15) is 9.59 Å². The van der Waals surface area contributed by atoms with E-state index < -0.39 is 0 Å². The molecule has 0 aromatic carbocycles. The van der Waals surface area contributed by atoms with Gasteiger partial charge in [0, 0.05) is 31.0 Å². The van der Waals surface area contributed by atoms with Crippen LogP contribution in [0.2, 0.25) is 0 Å². The number of hydrogen-bond donors (Lipinski definition) is 2. The zero-order valence-electron chi connectivity index (χ0n) is 9.69. The highest BCUT2D eigenvalue weighted by molar-refractivity contribution is 5.94. The third-order valence-corrected chi connectivity index (χ3v) is 3.19. The molecule has 92 valence electrons. The van der Waals surface area contributed by atoms with Gasteiger partial charge in [-0.1, -0.05) is 0 Å². The number of rotatable bonds is 3. The van der Waals surface area contributed by atoms with Crippen LogP contribution in [0.1, 0.15) is 29.6 Å². The fourth-order valence-corrected chi connectivity index (χ4v) is 2.33. The van der Waals surface area contributed by atoms with Crippen LogP contribution in [0.4, 0.5) is 0 Å². The largest absolute Gasteiger partial charge is 0.367 e. The molecule has 1 aromatic heterocycles. The van der Waals surface area contributed by atoms with Crippen LogP contribution in [0.3, 0.4) is 0 Å². The molecule has 0 spiro atoms. The number of likely N-dealkylation sites (tertiary alicyclic amines) is 1. The van der Waals surface area contributed by atoms with Crippen LogP contribution in [-0.2, 0) is 0 Å². The SMILES string of the molecule is NCCC1CCCN1C(=O)c1c[nH]ccc1=O. The quantitative estimate of drug-likeness (QED) is 0.792. The van der Waals surface area contributed by atoms with Crippen molar-refractivity contribution in [2.75, 3.05) is 13.1 Å². The zero-order valence-corrected chi connectivity index (χ0v) is 9.69. The maximum Gasteiger partial charge on any atom is 0.259 e. The summed E-state index contributed by atoms with van der Waals surface area (Å²) in [6.07, 6.45) is 5.77. The van der Waals surface area contributed by atoms with E-state index in [1.54, 1.807) is 4.90 Å². The van der Waals surface area contributed by atoms with Gasteiger partial charge in [0.05, 0.1) is 0 Å². The Bertz CT molecular complexity index is 455. The average Bonchev–Trinajstić information content (AvgIpc) is 2.78. The second kappa shape index (κ2) is 5.14. The maximum absolute atomic E-state index is 12.2. The van der Waals surface area contributed by atoms with Crippen LogP contribution in [0.25, 0.3) is 0 Å². The summed E-state index contributed by atoms with van der Waals surface area (Å²) in [6, 6.07) is 1.56. The monoisotopic (exact) mass is 235 g/mol. The number of nitrogens with two attached hydrogens (primary N) is 1. The van der Waals surface area contributed by atoms with E-state index >= 15 is 0 Å². The highest BCUT2D eigenvalue weighted by Gasteiger charge is 2.29. The number of H-pyrrole nitrogens is 1. The van der Waals surface area contributed by atoms with Gasteiger partial charge in [-0.3, -0.25) is 9.59 Å². The summed E-state index contributed by atoms with van der Waals surface area (Å²) in [7, 11) is 0. The van der Waals surface area contributed by atoms with Gasteiger partial charge in [-0.2, -0.15) is 0 Å². The fourth-order valence-electron chi connectivity index (χ4n) is 2.33. The van der Waals surface area contributed by atoms with Gasteiger partial charge in [0.2, 0.25) is 0 Å². The molecule has 3 N–H and O–H groups in total. The first-order valence-corrected chi connectivity index (χ1v) is 5.92. The van der Waals surface area contributed by atoms with Crippen LogP contribution in [0.15, 0.2) is 23.3 Å². The van der Waals surface area contributed by atoms with Crippen molar-refractivity contribution in [2.45, 2.75) is 25.3 Å².